The maximum Gasteiger partial charge on any atom is 0.240 e. The predicted octanol–water partition coefficient (Wildman–Crippen LogP) is 2.23. The number of amides is 3. The Morgan fingerprint density at radius 1 is 0.971 bits per heavy atom. The number of fused-ring (bicyclic) bond motifs is 1. The van der Waals surface area contributed by atoms with Crippen molar-refractivity contribution in [3.05, 3.63) is 48.3 Å². The van der Waals surface area contributed by atoms with Crippen LogP contribution in [0.25, 0.3) is 0 Å². The molecule has 1 atom stereocenters. The number of rotatable bonds is 8. The van der Waals surface area contributed by atoms with Crippen LogP contribution in [0.4, 0.5) is 15.8 Å². The zero-order valence-electron chi connectivity index (χ0n) is 19.8. The van der Waals surface area contributed by atoms with Gasteiger partial charge in [-0.1, -0.05) is 0 Å². The Kier molecular flexibility index (Phi) is 8.44. The zero-order valence-corrected chi connectivity index (χ0v) is 20.6. The van der Waals surface area contributed by atoms with E-state index in [1.807, 2.05) is 20.8 Å². The highest BCUT2D eigenvalue weighted by Gasteiger charge is 2.25. The minimum Gasteiger partial charge on any atom is -0.486 e. The van der Waals surface area contributed by atoms with Gasteiger partial charge in [-0.25, -0.2) is 4.39 Å². The lowest BCUT2D eigenvalue weighted by molar-refractivity contribution is -0.124. The van der Waals surface area contributed by atoms with Crippen molar-refractivity contribution in [3.63, 3.8) is 0 Å². The molecule has 3 rings (SSSR count). The molecule has 35 heavy (non-hydrogen) atoms. The van der Waals surface area contributed by atoms with Crippen molar-refractivity contribution < 1.29 is 32.5 Å². The van der Waals surface area contributed by atoms with Crippen molar-refractivity contribution in [1.29, 1.82) is 0 Å². The molecule has 1 heterocycles. The SMILES string of the molecule is CC(C)(C)NC(=O)CN(C(=O)C[S@](=O)CC(=O)Nc1ccc(F)cc1)c1ccc2c(c1)OCCO2. The number of hydrogen-bond acceptors (Lipinski definition) is 6. The summed E-state index contributed by atoms with van der Waals surface area (Å²) in [5, 5.41) is 5.31. The fourth-order valence-electron chi connectivity index (χ4n) is 3.27. The third kappa shape index (κ3) is 8.06. The van der Waals surface area contributed by atoms with E-state index in [1.165, 1.54) is 29.2 Å². The molecule has 1 aliphatic heterocycles. The summed E-state index contributed by atoms with van der Waals surface area (Å²) in [6, 6.07) is 9.95. The van der Waals surface area contributed by atoms with Crippen molar-refractivity contribution >= 4 is 39.9 Å². The molecule has 188 valence electrons. The van der Waals surface area contributed by atoms with Gasteiger partial charge < -0.3 is 25.0 Å². The maximum absolute atomic E-state index is 13.1. The normalized spacial score (nSPS) is 13.5. The summed E-state index contributed by atoms with van der Waals surface area (Å²) in [5.41, 5.74) is 0.201. The third-order valence-corrected chi connectivity index (χ3v) is 5.81. The Bertz CT molecular complexity index is 1120. The van der Waals surface area contributed by atoms with Crippen molar-refractivity contribution in [2.45, 2.75) is 26.3 Å². The fraction of sp³-hybridized carbons (Fsp3) is 0.375. The molecule has 0 spiro atoms. The van der Waals surface area contributed by atoms with Gasteiger partial charge in [0.05, 0.1) is 0 Å². The van der Waals surface area contributed by atoms with Gasteiger partial charge in [-0.15, -0.1) is 0 Å². The van der Waals surface area contributed by atoms with E-state index >= 15 is 0 Å². The van der Waals surface area contributed by atoms with E-state index in [1.54, 1.807) is 18.2 Å². The number of ether oxygens (including phenoxy) is 2. The van der Waals surface area contributed by atoms with Gasteiger partial charge >= 0.3 is 0 Å². The van der Waals surface area contributed by atoms with Crippen LogP contribution < -0.4 is 25.0 Å². The molecule has 2 N–H and O–H groups in total. The molecule has 0 unspecified atom stereocenters. The van der Waals surface area contributed by atoms with E-state index in [9.17, 15) is 23.0 Å². The van der Waals surface area contributed by atoms with E-state index in [0.717, 1.165) is 0 Å². The zero-order chi connectivity index (χ0) is 25.6. The van der Waals surface area contributed by atoms with Gasteiger partial charge in [0.25, 0.3) is 0 Å². The van der Waals surface area contributed by atoms with Crippen LogP contribution in [0, 0.1) is 5.82 Å². The quantitative estimate of drug-likeness (QED) is 0.569. The molecule has 1 aliphatic rings. The van der Waals surface area contributed by atoms with E-state index < -0.39 is 51.4 Å². The number of nitrogens with one attached hydrogen (secondary N) is 2. The van der Waals surface area contributed by atoms with Crippen LogP contribution in [0.5, 0.6) is 11.5 Å². The number of halogens is 1. The Morgan fingerprint density at radius 2 is 1.63 bits per heavy atom. The van der Waals surface area contributed by atoms with Crippen LogP contribution in [0.1, 0.15) is 20.8 Å². The molecule has 0 aromatic heterocycles. The first-order valence-corrected chi connectivity index (χ1v) is 12.4. The Morgan fingerprint density at radius 3 is 2.29 bits per heavy atom. The lowest BCUT2D eigenvalue weighted by atomic mass is 10.1. The minimum atomic E-state index is -1.85. The molecule has 0 radical (unpaired) electrons. The monoisotopic (exact) mass is 505 g/mol. The summed E-state index contributed by atoms with van der Waals surface area (Å²) in [4.78, 5) is 39.1. The molecule has 3 amide bonds. The molecule has 9 nitrogen and oxygen atoms in total. The van der Waals surface area contributed by atoms with Crippen molar-refractivity contribution in [2.75, 3.05) is 41.5 Å². The first kappa shape index (κ1) is 26.1. The second-order valence-corrected chi connectivity index (χ2v) is 10.3. The lowest BCUT2D eigenvalue weighted by Gasteiger charge is -2.27. The number of anilines is 2. The minimum absolute atomic E-state index is 0.311. The van der Waals surface area contributed by atoms with Gasteiger partial charge in [-0.2, -0.15) is 0 Å². The van der Waals surface area contributed by atoms with Gasteiger partial charge in [0.1, 0.15) is 37.1 Å². The van der Waals surface area contributed by atoms with Crippen LogP contribution in [0.2, 0.25) is 0 Å². The summed E-state index contributed by atoms with van der Waals surface area (Å²) in [6.45, 7) is 5.89. The molecule has 0 bridgehead atoms. The average Bonchev–Trinajstić information content (AvgIpc) is 2.77. The second-order valence-electron chi connectivity index (χ2n) is 8.89. The number of carbonyl (C=O) groups excluding carboxylic acids is 3. The van der Waals surface area contributed by atoms with Crippen LogP contribution in [-0.4, -0.2) is 58.7 Å². The van der Waals surface area contributed by atoms with Crippen molar-refractivity contribution in [3.8, 4) is 11.5 Å². The highest BCUT2D eigenvalue weighted by Crippen LogP contribution is 2.34. The summed E-state index contributed by atoms with van der Waals surface area (Å²) < 4.78 is 36.7. The number of benzene rings is 2. The third-order valence-electron chi connectivity index (χ3n) is 4.66. The predicted molar refractivity (Wildman–Crippen MR) is 131 cm³/mol. The highest BCUT2D eigenvalue weighted by atomic mass is 32.2. The van der Waals surface area contributed by atoms with Crippen LogP contribution in [-0.2, 0) is 25.2 Å². The van der Waals surface area contributed by atoms with Gasteiger partial charge in [0.15, 0.2) is 11.5 Å². The smallest absolute Gasteiger partial charge is 0.240 e. The van der Waals surface area contributed by atoms with Crippen LogP contribution in [0.15, 0.2) is 42.5 Å². The molecular formula is C24H28FN3O6S. The van der Waals surface area contributed by atoms with Gasteiger partial charge in [-0.05, 0) is 57.2 Å². The van der Waals surface area contributed by atoms with Crippen molar-refractivity contribution in [1.82, 2.24) is 5.32 Å². The number of carbonyl (C=O) groups is 3. The van der Waals surface area contributed by atoms with E-state index in [-0.39, 0.29) is 6.54 Å². The standard InChI is InChI=1S/C24H28FN3O6S/c1-24(2,3)27-21(29)13-28(18-8-9-19-20(12-18)34-11-10-33-19)23(31)15-35(32)14-22(30)26-17-6-4-16(25)5-7-17/h4-9,12H,10-11,13-15H2,1-3H3,(H,26,30)(H,27,29)/t35-/m1/s1. The number of hydrogen-bond donors (Lipinski definition) is 2. The summed E-state index contributed by atoms with van der Waals surface area (Å²) in [6.07, 6.45) is 0. The topological polar surface area (TPSA) is 114 Å². The summed E-state index contributed by atoms with van der Waals surface area (Å²) in [5.74, 6) is -2.00. The van der Waals surface area contributed by atoms with E-state index in [2.05, 4.69) is 10.6 Å². The molecular weight excluding hydrogens is 477 g/mol. The highest BCUT2D eigenvalue weighted by molar-refractivity contribution is 7.86. The molecule has 0 saturated carbocycles. The number of nitrogens with zero attached hydrogens (tertiary/aromatic N) is 1. The molecule has 2 aromatic rings. The van der Waals surface area contributed by atoms with Crippen LogP contribution >= 0.6 is 0 Å². The first-order chi connectivity index (χ1) is 16.5. The Hall–Kier alpha value is -3.47. The van der Waals surface area contributed by atoms with Gasteiger partial charge in [0, 0.05) is 33.8 Å². The van der Waals surface area contributed by atoms with Gasteiger partial charge in [-0.3, -0.25) is 18.6 Å². The second kappa shape index (κ2) is 11.3. The molecule has 0 aliphatic carbocycles. The summed E-state index contributed by atoms with van der Waals surface area (Å²) in [7, 11) is -1.85. The van der Waals surface area contributed by atoms with E-state index in [0.29, 0.717) is 36.1 Å². The first-order valence-electron chi connectivity index (χ1n) is 10.9. The lowest BCUT2D eigenvalue weighted by Crippen LogP contribution is -2.48. The molecule has 0 saturated heterocycles. The maximum atomic E-state index is 13.1. The average molecular weight is 506 g/mol. The molecule has 11 heteroatoms. The van der Waals surface area contributed by atoms with Crippen molar-refractivity contribution in [2.24, 2.45) is 0 Å². The fourth-order valence-corrected chi connectivity index (χ4v) is 4.17. The Balaban J connectivity index is 1.70. The molecule has 2 aromatic carbocycles. The van der Waals surface area contributed by atoms with Crippen LogP contribution in [0.3, 0.4) is 0 Å². The van der Waals surface area contributed by atoms with Gasteiger partial charge in [0.2, 0.25) is 17.7 Å². The Labute approximate surface area is 205 Å². The van der Waals surface area contributed by atoms with E-state index in [4.69, 9.17) is 9.47 Å². The summed E-state index contributed by atoms with van der Waals surface area (Å²) >= 11 is 0. The molecule has 0 fully saturated rings. The largest absolute Gasteiger partial charge is 0.486 e.